The molecule has 5 rings (SSSR count). The number of anilines is 1. The monoisotopic (exact) mass is 618 g/mol. The van der Waals surface area contributed by atoms with Crippen LogP contribution >= 0.6 is 0 Å². The summed E-state index contributed by atoms with van der Waals surface area (Å²) in [5.74, 6) is -0.386. The van der Waals surface area contributed by atoms with Crippen LogP contribution in [0.2, 0.25) is 0 Å². The van der Waals surface area contributed by atoms with E-state index < -0.39 is 23.6 Å². The molecule has 2 N–H and O–H groups in total. The summed E-state index contributed by atoms with van der Waals surface area (Å²) in [5.41, 5.74) is 1.25. The van der Waals surface area contributed by atoms with E-state index >= 15 is 4.39 Å². The Balaban J connectivity index is 1.18. The summed E-state index contributed by atoms with van der Waals surface area (Å²) in [6, 6.07) is 13.6. The Hall–Kier alpha value is -4.77. The standard InChI is InChI=1S/C34H36F2N4O5/c1-43-31-21-26-28(22-32(31)44-18-6-5-17-40-15-3-2-4-16-40)37-14-13-29(26)45-30-12-11-25(20-27(30)36)38-34(42)39-33(41)19-23-7-9-24(35)10-8-23/h7-14,20-22H,2-6,15-19H2,1H3,(H2,38,39,41,42). The Labute approximate surface area is 260 Å². The van der Waals surface area contributed by atoms with E-state index in [1.54, 1.807) is 31.5 Å². The van der Waals surface area contributed by atoms with Crippen molar-refractivity contribution in [2.75, 3.05) is 38.7 Å². The summed E-state index contributed by atoms with van der Waals surface area (Å²) in [6.45, 7) is 4.00. The number of halogens is 2. The fraction of sp³-hybridized carbons (Fsp3) is 0.324. The van der Waals surface area contributed by atoms with Crippen molar-refractivity contribution in [1.29, 1.82) is 0 Å². The van der Waals surface area contributed by atoms with Crippen molar-refractivity contribution in [2.24, 2.45) is 0 Å². The number of urea groups is 1. The first kappa shape index (κ1) is 31.6. The highest BCUT2D eigenvalue weighted by Gasteiger charge is 2.16. The molecule has 1 aliphatic heterocycles. The predicted molar refractivity (Wildman–Crippen MR) is 167 cm³/mol. The maximum absolute atomic E-state index is 15.0. The molecule has 4 aromatic rings. The summed E-state index contributed by atoms with van der Waals surface area (Å²) in [5, 5.41) is 5.19. The number of unbranched alkanes of at least 4 members (excludes halogenated alkanes) is 1. The van der Waals surface area contributed by atoms with Gasteiger partial charge in [0.25, 0.3) is 0 Å². The van der Waals surface area contributed by atoms with Crippen LogP contribution in [0.25, 0.3) is 10.9 Å². The van der Waals surface area contributed by atoms with Gasteiger partial charge in [-0.2, -0.15) is 0 Å². The molecule has 236 valence electrons. The fourth-order valence-electron chi connectivity index (χ4n) is 5.19. The number of rotatable bonds is 12. The second-order valence-electron chi connectivity index (χ2n) is 10.8. The van der Waals surface area contributed by atoms with E-state index in [2.05, 4.69) is 20.5 Å². The Morgan fingerprint density at radius 2 is 1.69 bits per heavy atom. The molecule has 0 unspecified atom stereocenters. The topological polar surface area (TPSA) is 102 Å². The largest absolute Gasteiger partial charge is 0.493 e. The van der Waals surface area contributed by atoms with E-state index in [1.807, 2.05) is 0 Å². The van der Waals surface area contributed by atoms with E-state index in [4.69, 9.17) is 14.2 Å². The van der Waals surface area contributed by atoms with Gasteiger partial charge in [0, 0.05) is 29.4 Å². The third-order valence-corrected chi connectivity index (χ3v) is 7.50. The van der Waals surface area contributed by atoms with Crippen LogP contribution in [0.1, 0.15) is 37.7 Å². The quantitative estimate of drug-likeness (QED) is 0.168. The first-order valence-electron chi connectivity index (χ1n) is 15.0. The zero-order valence-corrected chi connectivity index (χ0v) is 25.1. The molecule has 3 aromatic carbocycles. The minimum Gasteiger partial charge on any atom is -0.493 e. The number of ether oxygens (including phenoxy) is 3. The van der Waals surface area contributed by atoms with Gasteiger partial charge in [-0.05, 0) is 87.3 Å². The van der Waals surface area contributed by atoms with Crippen molar-refractivity contribution < 1.29 is 32.6 Å². The number of carbonyl (C=O) groups excluding carboxylic acids is 2. The normalized spacial score (nSPS) is 13.3. The van der Waals surface area contributed by atoms with E-state index in [9.17, 15) is 14.0 Å². The third kappa shape index (κ3) is 8.89. The Kier molecular flexibility index (Phi) is 10.8. The molecule has 0 saturated carbocycles. The number of amides is 3. The molecule has 2 heterocycles. The molecule has 45 heavy (non-hydrogen) atoms. The first-order valence-corrected chi connectivity index (χ1v) is 15.0. The van der Waals surface area contributed by atoms with Gasteiger partial charge in [-0.15, -0.1) is 0 Å². The lowest BCUT2D eigenvalue weighted by atomic mass is 10.1. The molecule has 1 aromatic heterocycles. The van der Waals surface area contributed by atoms with Crippen LogP contribution in [-0.4, -0.2) is 55.2 Å². The van der Waals surface area contributed by atoms with Crippen LogP contribution in [0.5, 0.6) is 23.0 Å². The molecular formula is C34H36F2N4O5. The van der Waals surface area contributed by atoms with E-state index in [-0.39, 0.29) is 17.9 Å². The molecule has 1 fully saturated rings. The van der Waals surface area contributed by atoms with Crippen LogP contribution < -0.4 is 24.8 Å². The summed E-state index contributed by atoms with van der Waals surface area (Å²) < 4.78 is 45.6. The zero-order chi connectivity index (χ0) is 31.6. The average Bonchev–Trinajstić information content (AvgIpc) is 3.03. The molecule has 0 atom stereocenters. The summed E-state index contributed by atoms with van der Waals surface area (Å²) in [7, 11) is 1.55. The van der Waals surface area contributed by atoms with Gasteiger partial charge in [-0.1, -0.05) is 18.6 Å². The number of carbonyl (C=O) groups is 2. The number of likely N-dealkylation sites (tertiary alicyclic amines) is 1. The minimum absolute atomic E-state index is 0.0751. The number of nitrogens with one attached hydrogen (secondary N) is 2. The molecule has 1 saturated heterocycles. The number of methoxy groups -OCH3 is 1. The molecule has 3 amide bonds. The van der Waals surface area contributed by atoms with Gasteiger partial charge < -0.3 is 24.4 Å². The van der Waals surface area contributed by atoms with E-state index in [1.165, 1.54) is 68.8 Å². The van der Waals surface area contributed by atoms with Crippen molar-refractivity contribution in [1.82, 2.24) is 15.2 Å². The fourth-order valence-corrected chi connectivity index (χ4v) is 5.19. The second kappa shape index (κ2) is 15.3. The molecule has 0 bridgehead atoms. The van der Waals surface area contributed by atoms with Crippen molar-refractivity contribution in [3.63, 3.8) is 0 Å². The van der Waals surface area contributed by atoms with Crippen molar-refractivity contribution >= 4 is 28.5 Å². The molecule has 0 spiro atoms. The number of piperidine rings is 1. The third-order valence-electron chi connectivity index (χ3n) is 7.50. The molecule has 0 aliphatic carbocycles. The molecule has 9 nitrogen and oxygen atoms in total. The molecular weight excluding hydrogens is 582 g/mol. The highest BCUT2D eigenvalue weighted by Crippen LogP contribution is 2.38. The number of fused-ring (bicyclic) bond motifs is 1. The number of hydrogen-bond donors (Lipinski definition) is 2. The SMILES string of the molecule is COc1cc2c(Oc3ccc(NC(=O)NC(=O)Cc4ccc(F)cc4)cc3F)ccnc2cc1OCCCCN1CCCCC1. The van der Waals surface area contributed by atoms with Gasteiger partial charge in [-0.25, -0.2) is 13.6 Å². The number of benzene rings is 3. The van der Waals surface area contributed by atoms with Crippen LogP contribution in [0.3, 0.4) is 0 Å². The predicted octanol–water partition coefficient (Wildman–Crippen LogP) is 6.85. The van der Waals surface area contributed by atoms with Crippen LogP contribution in [-0.2, 0) is 11.2 Å². The molecule has 0 radical (unpaired) electrons. The lowest BCUT2D eigenvalue weighted by molar-refractivity contribution is -0.119. The highest BCUT2D eigenvalue weighted by atomic mass is 19.1. The number of imide groups is 1. The molecule has 11 heteroatoms. The average molecular weight is 619 g/mol. The number of nitrogens with zero attached hydrogens (tertiary/aromatic N) is 2. The maximum Gasteiger partial charge on any atom is 0.325 e. The van der Waals surface area contributed by atoms with Gasteiger partial charge in [0.05, 0.1) is 25.7 Å². The van der Waals surface area contributed by atoms with Gasteiger partial charge >= 0.3 is 6.03 Å². The van der Waals surface area contributed by atoms with Crippen LogP contribution in [0, 0.1) is 11.6 Å². The molecule has 1 aliphatic rings. The van der Waals surface area contributed by atoms with Crippen LogP contribution in [0.4, 0.5) is 19.3 Å². The Bertz CT molecular complexity index is 1630. The number of pyridine rings is 1. The minimum atomic E-state index is -0.831. The summed E-state index contributed by atoms with van der Waals surface area (Å²) in [4.78, 5) is 31.4. The number of aromatic nitrogens is 1. The van der Waals surface area contributed by atoms with Gasteiger partial charge in [0.2, 0.25) is 5.91 Å². The highest BCUT2D eigenvalue weighted by molar-refractivity contribution is 6.01. The van der Waals surface area contributed by atoms with E-state index in [0.717, 1.165) is 25.5 Å². The number of hydrogen-bond acceptors (Lipinski definition) is 7. The van der Waals surface area contributed by atoms with Crippen molar-refractivity contribution in [3.05, 3.63) is 84.1 Å². The van der Waals surface area contributed by atoms with Crippen molar-refractivity contribution in [3.8, 4) is 23.0 Å². The first-order chi connectivity index (χ1) is 21.9. The summed E-state index contributed by atoms with van der Waals surface area (Å²) in [6.07, 6.45) is 7.32. The van der Waals surface area contributed by atoms with Gasteiger partial charge in [0.15, 0.2) is 23.1 Å². The maximum atomic E-state index is 15.0. The Morgan fingerprint density at radius 1 is 0.889 bits per heavy atom. The van der Waals surface area contributed by atoms with Crippen molar-refractivity contribution in [2.45, 2.75) is 38.5 Å². The lowest BCUT2D eigenvalue weighted by Crippen LogP contribution is -2.35. The lowest BCUT2D eigenvalue weighted by Gasteiger charge is -2.26. The smallest absolute Gasteiger partial charge is 0.325 e. The van der Waals surface area contributed by atoms with Gasteiger partial charge in [-0.3, -0.25) is 15.1 Å². The van der Waals surface area contributed by atoms with E-state index in [0.29, 0.717) is 40.3 Å². The van der Waals surface area contributed by atoms with Crippen LogP contribution in [0.15, 0.2) is 66.9 Å². The summed E-state index contributed by atoms with van der Waals surface area (Å²) >= 11 is 0. The second-order valence-corrected chi connectivity index (χ2v) is 10.8. The van der Waals surface area contributed by atoms with Gasteiger partial charge in [0.1, 0.15) is 11.6 Å². The zero-order valence-electron chi connectivity index (χ0n) is 25.1. The Morgan fingerprint density at radius 3 is 2.44 bits per heavy atom.